The molecule has 0 amide bonds. The van der Waals surface area contributed by atoms with E-state index in [1.807, 2.05) is 0 Å². The van der Waals surface area contributed by atoms with Crippen LogP contribution in [0.4, 0.5) is 13.2 Å². The van der Waals surface area contributed by atoms with Crippen molar-refractivity contribution in [1.82, 2.24) is 0 Å². The topological polar surface area (TPSA) is 20.2 Å². The van der Waals surface area contributed by atoms with Crippen LogP contribution in [0.15, 0.2) is 12.1 Å². The lowest BCUT2D eigenvalue weighted by Gasteiger charge is -2.32. The van der Waals surface area contributed by atoms with Gasteiger partial charge in [-0.3, -0.25) is 0 Å². The Morgan fingerprint density at radius 3 is 2.61 bits per heavy atom. The van der Waals surface area contributed by atoms with E-state index in [1.54, 1.807) is 12.1 Å². The van der Waals surface area contributed by atoms with Gasteiger partial charge in [0.15, 0.2) is 0 Å². The number of rotatable bonds is 2. The number of aliphatic hydroxyl groups is 1. The van der Waals surface area contributed by atoms with Crippen LogP contribution in [-0.2, 0) is 0 Å². The minimum absolute atomic E-state index is 0.0141. The van der Waals surface area contributed by atoms with Crippen molar-refractivity contribution < 1.29 is 18.3 Å². The molecule has 0 aromatic carbocycles. The Kier molecular flexibility index (Phi) is 4.24. The molecule has 1 aromatic heterocycles. The predicted octanol–water partition coefficient (Wildman–Crippen LogP) is 4.80. The second-order valence-corrected chi connectivity index (χ2v) is 6.50. The first-order valence-electron chi connectivity index (χ1n) is 5.88. The molecule has 0 saturated heterocycles. The molecule has 0 bridgehead atoms. The number of alkyl halides is 3. The largest absolute Gasteiger partial charge is 0.391 e. The number of thiophene rings is 1. The van der Waals surface area contributed by atoms with E-state index >= 15 is 0 Å². The fourth-order valence-corrected chi connectivity index (χ4v) is 3.67. The fraction of sp³-hybridized carbons (Fsp3) is 0.667. The molecule has 3 atom stereocenters. The van der Waals surface area contributed by atoms with Gasteiger partial charge >= 0.3 is 6.18 Å². The Morgan fingerprint density at radius 2 is 2.06 bits per heavy atom. The maximum atomic E-state index is 12.7. The zero-order valence-electron chi connectivity index (χ0n) is 9.58. The van der Waals surface area contributed by atoms with E-state index < -0.39 is 18.2 Å². The van der Waals surface area contributed by atoms with Gasteiger partial charge in [-0.2, -0.15) is 13.2 Å². The van der Waals surface area contributed by atoms with Crippen LogP contribution in [-0.4, -0.2) is 11.3 Å². The normalized spacial score (nSPS) is 27.2. The summed E-state index contributed by atoms with van der Waals surface area (Å²) in [6.45, 7) is 0. The first-order valence-corrected chi connectivity index (χ1v) is 7.07. The number of hydrogen-bond donors (Lipinski definition) is 1. The van der Waals surface area contributed by atoms with Crippen molar-refractivity contribution >= 4 is 22.9 Å². The van der Waals surface area contributed by atoms with Gasteiger partial charge in [-0.05, 0) is 37.3 Å². The molecule has 1 N–H and O–H groups in total. The summed E-state index contributed by atoms with van der Waals surface area (Å²) in [6.07, 6.45) is -3.62. The standard InChI is InChI=1S/C12H14ClF3OS/c13-10-5-4-9(18-10)11(17)7-2-1-3-8(6-7)12(14,15)16/h4-5,7-8,11,17H,1-3,6H2. The van der Waals surface area contributed by atoms with E-state index in [2.05, 4.69) is 0 Å². The molecule has 1 heterocycles. The maximum absolute atomic E-state index is 12.7. The Morgan fingerprint density at radius 1 is 1.33 bits per heavy atom. The zero-order valence-corrected chi connectivity index (χ0v) is 11.2. The molecular weight excluding hydrogens is 285 g/mol. The summed E-state index contributed by atoms with van der Waals surface area (Å²) in [5.74, 6) is -1.60. The van der Waals surface area contributed by atoms with Crippen LogP contribution in [0.5, 0.6) is 0 Å². The molecule has 1 saturated carbocycles. The number of aliphatic hydroxyl groups excluding tert-OH is 1. The quantitative estimate of drug-likeness (QED) is 0.831. The lowest BCUT2D eigenvalue weighted by molar-refractivity contribution is -0.188. The molecule has 6 heteroatoms. The lowest BCUT2D eigenvalue weighted by Crippen LogP contribution is -2.30. The molecule has 102 valence electrons. The van der Waals surface area contributed by atoms with Crippen molar-refractivity contribution in [3.05, 3.63) is 21.3 Å². The van der Waals surface area contributed by atoms with Crippen LogP contribution < -0.4 is 0 Å². The molecule has 2 rings (SSSR count). The van der Waals surface area contributed by atoms with E-state index in [-0.39, 0.29) is 18.8 Å². The molecular formula is C12H14ClF3OS. The summed E-state index contributed by atoms with van der Waals surface area (Å²) in [5.41, 5.74) is 0. The summed E-state index contributed by atoms with van der Waals surface area (Å²) < 4.78 is 38.6. The summed E-state index contributed by atoms with van der Waals surface area (Å²) in [6, 6.07) is 3.35. The molecule has 0 spiro atoms. The van der Waals surface area contributed by atoms with E-state index in [4.69, 9.17) is 11.6 Å². The second kappa shape index (κ2) is 5.39. The third-order valence-electron chi connectivity index (χ3n) is 3.51. The van der Waals surface area contributed by atoms with Gasteiger partial charge in [-0.25, -0.2) is 0 Å². The molecule has 1 aliphatic rings. The molecule has 0 radical (unpaired) electrons. The van der Waals surface area contributed by atoms with Gasteiger partial charge in [0.2, 0.25) is 0 Å². The highest BCUT2D eigenvalue weighted by atomic mass is 35.5. The van der Waals surface area contributed by atoms with E-state index in [9.17, 15) is 18.3 Å². The summed E-state index contributed by atoms with van der Waals surface area (Å²) in [5, 5.41) is 10.1. The maximum Gasteiger partial charge on any atom is 0.391 e. The zero-order chi connectivity index (χ0) is 13.3. The van der Waals surface area contributed by atoms with Crippen LogP contribution in [0.25, 0.3) is 0 Å². The second-order valence-electron chi connectivity index (χ2n) is 4.75. The summed E-state index contributed by atoms with van der Waals surface area (Å²) in [7, 11) is 0. The number of hydrogen-bond acceptors (Lipinski definition) is 2. The Labute approximate surface area is 113 Å². The van der Waals surface area contributed by atoms with Gasteiger partial charge in [0, 0.05) is 4.88 Å². The highest BCUT2D eigenvalue weighted by molar-refractivity contribution is 7.16. The van der Waals surface area contributed by atoms with Crippen molar-refractivity contribution in [2.75, 3.05) is 0 Å². The highest BCUT2D eigenvalue weighted by Gasteiger charge is 2.43. The van der Waals surface area contributed by atoms with Gasteiger partial charge in [-0.15, -0.1) is 11.3 Å². The minimum Gasteiger partial charge on any atom is -0.387 e. The SMILES string of the molecule is OC(c1ccc(Cl)s1)C1CCCC(C(F)(F)F)C1. The third kappa shape index (κ3) is 3.19. The number of halogens is 4. The van der Waals surface area contributed by atoms with Crippen molar-refractivity contribution in [2.45, 2.75) is 38.0 Å². The van der Waals surface area contributed by atoms with Crippen LogP contribution in [0, 0.1) is 11.8 Å². The molecule has 1 fully saturated rings. The first-order chi connectivity index (χ1) is 8.38. The predicted molar refractivity (Wildman–Crippen MR) is 65.8 cm³/mol. The van der Waals surface area contributed by atoms with Crippen LogP contribution in [0.3, 0.4) is 0 Å². The van der Waals surface area contributed by atoms with Crippen LogP contribution in [0.2, 0.25) is 4.34 Å². The van der Waals surface area contributed by atoms with Crippen molar-refractivity contribution in [2.24, 2.45) is 11.8 Å². The smallest absolute Gasteiger partial charge is 0.387 e. The highest BCUT2D eigenvalue weighted by Crippen LogP contribution is 2.45. The van der Waals surface area contributed by atoms with Gasteiger partial charge < -0.3 is 5.11 Å². The molecule has 1 nitrogen and oxygen atoms in total. The van der Waals surface area contributed by atoms with Crippen molar-refractivity contribution in [1.29, 1.82) is 0 Å². The average molecular weight is 299 g/mol. The Bertz CT molecular complexity index is 404. The van der Waals surface area contributed by atoms with E-state index in [1.165, 1.54) is 11.3 Å². The minimum atomic E-state index is -4.15. The first kappa shape index (κ1) is 14.2. The van der Waals surface area contributed by atoms with E-state index in [0.717, 1.165) is 0 Å². The molecule has 18 heavy (non-hydrogen) atoms. The molecule has 3 unspecified atom stereocenters. The summed E-state index contributed by atoms with van der Waals surface area (Å²) in [4.78, 5) is 0.660. The van der Waals surface area contributed by atoms with Crippen LogP contribution in [0.1, 0.15) is 36.7 Å². The van der Waals surface area contributed by atoms with E-state index in [0.29, 0.717) is 22.1 Å². The van der Waals surface area contributed by atoms with Gasteiger partial charge in [0.05, 0.1) is 16.4 Å². The molecule has 0 aliphatic heterocycles. The van der Waals surface area contributed by atoms with Crippen molar-refractivity contribution in [3.63, 3.8) is 0 Å². The average Bonchev–Trinajstić information content (AvgIpc) is 2.74. The van der Waals surface area contributed by atoms with Gasteiger partial charge in [0.25, 0.3) is 0 Å². The molecule has 1 aliphatic carbocycles. The Hall–Kier alpha value is -0.260. The lowest BCUT2D eigenvalue weighted by atomic mass is 9.78. The monoisotopic (exact) mass is 298 g/mol. The third-order valence-corrected chi connectivity index (χ3v) is 4.81. The molecule has 1 aromatic rings. The Balaban J connectivity index is 2.05. The van der Waals surface area contributed by atoms with Crippen molar-refractivity contribution in [3.8, 4) is 0 Å². The van der Waals surface area contributed by atoms with Crippen LogP contribution >= 0.6 is 22.9 Å². The van der Waals surface area contributed by atoms with Gasteiger partial charge in [-0.1, -0.05) is 18.0 Å². The fourth-order valence-electron chi connectivity index (χ4n) is 2.53. The van der Waals surface area contributed by atoms with Gasteiger partial charge in [0.1, 0.15) is 0 Å². The summed E-state index contributed by atoms with van der Waals surface area (Å²) >= 11 is 7.00.